The fourth-order valence-corrected chi connectivity index (χ4v) is 1.29. The summed E-state index contributed by atoms with van der Waals surface area (Å²) in [6, 6.07) is 0. The first-order chi connectivity index (χ1) is 6.87. The highest BCUT2D eigenvalue weighted by Crippen LogP contribution is 2.17. The molecule has 3 nitrogen and oxygen atoms in total. The van der Waals surface area contributed by atoms with E-state index in [9.17, 15) is 4.79 Å². The van der Waals surface area contributed by atoms with E-state index >= 15 is 0 Å². The van der Waals surface area contributed by atoms with Crippen LogP contribution in [-0.2, 0) is 4.79 Å². The van der Waals surface area contributed by atoms with Gasteiger partial charge in [-0.3, -0.25) is 4.79 Å². The molecule has 0 aliphatic heterocycles. The molecule has 3 heteroatoms. The minimum Gasteiger partial charge on any atom is -0.356 e. The molecule has 0 heterocycles. The molecule has 0 fully saturated rings. The maximum atomic E-state index is 11.6. The Balaban J connectivity index is 3.64. The van der Waals surface area contributed by atoms with E-state index in [0.717, 1.165) is 25.8 Å². The number of hydrogen-bond donors (Lipinski definition) is 2. The van der Waals surface area contributed by atoms with Crippen molar-refractivity contribution in [2.24, 2.45) is 17.1 Å². The third-order valence-corrected chi connectivity index (χ3v) is 2.46. The van der Waals surface area contributed by atoms with Crippen LogP contribution in [0.15, 0.2) is 0 Å². The minimum atomic E-state index is 0.0912. The Morgan fingerprint density at radius 1 is 1.40 bits per heavy atom. The van der Waals surface area contributed by atoms with Crippen molar-refractivity contribution in [3.63, 3.8) is 0 Å². The van der Waals surface area contributed by atoms with Crippen molar-refractivity contribution in [1.29, 1.82) is 0 Å². The lowest BCUT2D eigenvalue weighted by Gasteiger charge is -2.19. The van der Waals surface area contributed by atoms with E-state index in [4.69, 9.17) is 5.73 Å². The van der Waals surface area contributed by atoms with Gasteiger partial charge in [0.05, 0.1) is 0 Å². The molecule has 1 amide bonds. The van der Waals surface area contributed by atoms with Crippen LogP contribution < -0.4 is 11.1 Å². The van der Waals surface area contributed by atoms with Gasteiger partial charge in [-0.15, -0.1) is 0 Å². The van der Waals surface area contributed by atoms with Gasteiger partial charge in [-0.2, -0.15) is 0 Å². The van der Waals surface area contributed by atoms with E-state index in [0.29, 0.717) is 6.54 Å². The van der Waals surface area contributed by atoms with E-state index in [2.05, 4.69) is 26.1 Å². The predicted molar refractivity (Wildman–Crippen MR) is 64.5 cm³/mol. The first-order valence-electron chi connectivity index (χ1n) is 5.84. The number of nitrogens with two attached hydrogens (primary N) is 1. The van der Waals surface area contributed by atoms with Gasteiger partial charge in [0.25, 0.3) is 0 Å². The third-order valence-electron chi connectivity index (χ3n) is 2.46. The van der Waals surface area contributed by atoms with Crippen LogP contribution in [0.4, 0.5) is 0 Å². The Labute approximate surface area is 93.8 Å². The van der Waals surface area contributed by atoms with E-state index in [1.165, 1.54) is 0 Å². The molecule has 90 valence electrons. The number of hydrogen-bond acceptors (Lipinski definition) is 2. The van der Waals surface area contributed by atoms with Gasteiger partial charge in [0.2, 0.25) is 5.91 Å². The fraction of sp³-hybridized carbons (Fsp3) is 0.917. The summed E-state index contributed by atoms with van der Waals surface area (Å²) >= 11 is 0. The lowest BCUT2D eigenvalue weighted by Crippen LogP contribution is -2.32. The molecule has 0 saturated heterocycles. The summed E-state index contributed by atoms with van der Waals surface area (Å²) in [5.74, 6) is 0.251. The summed E-state index contributed by atoms with van der Waals surface area (Å²) in [6.07, 6.45) is 2.83. The first kappa shape index (κ1) is 14.4. The van der Waals surface area contributed by atoms with Gasteiger partial charge in [-0.25, -0.2) is 0 Å². The largest absolute Gasteiger partial charge is 0.356 e. The average Bonchev–Trinajstić information content (AvgIpc) is 2.11. The quantitative estimate of drug-likeness (QED) is 0.709. The monoisotopic (exact) mass is 214 g/mol. The predicted octanol–water partition coefficient (Wildman–Crippen LogP) is 1.91. The van der Waals surface area contributed by atoms with E-state index in [1.54, 1.807) is 0 Å². The van der Waals surface area contributed by atoms with E-state index in [-0.39, 0.29) is 17.2 Å². The molecular formula is C12H26N2O. The second-order valence-corrected chi connectivity index (χ2v) is 5.43. The zero-order valence-corrected chi connectivity index (χ0v) is 10.6. The Kier molecular flexibility index (Phi) is 6.57. The molecule has 0 spiro atoms. The van der Waals surface area contributed by atoms with E-state index in [1.807, 2.05) is 6.92 Å². The Hall–Kier alpha value is -0.570. The van der Waals surface area contributed by atoms with Crippen LogP contribution in [0.25, 0.3) is 0 Å². The number of nitrogens with one attached hydrogen (secondary N) is 1. The van der Waals surface area contributed by atoms with Crippen molar-refractivity contribution in [1.82, 2.24) is 5.32 Å². The van der Waals surface area contributed by atoms with Crippen molar-refractivity contribution in [3.05, 3.63) is 0 Å². The second-order valence-electron chi connectivity index (χ2n) is 5.43. The van der Waals surface area contributed by atoms with Gasteiger partial charge in [-0.05, 0) is 31.2 Å². The second kappa shape index (κ2) is 6.83. The minimum absolute atomic E-state index is 0.0912. The molecule has 1 atom stereocenters. The molecule has 0 radical (unpaired) electrons. The van der Waals surface area contributed by atoms with Crippen LogP contribution in [0.2, 0.25) is 0 Å². The molecule has 0 aromatic heterocycles. The third kappa shape index (κ3) is 8.43. The average molecular weight is 214 g/mol. The van der Waals surface area contributed by atoms with Gasteiger partial charge in [0.15, 0.2) is 0 Å². The highest BCUT2D eigenvalue weighted by molar-refractivity contribution is 5.78. The van der Waals surface area contributed by atoms with Gasteiger partial charge in [0.1, 0.15) is 0 Å². The Morgan fingerprint density at radius 2 is 2.00 bits per heavy atom. The van der Waals surface area contributed by atoms with Crippen LogP contribution in [0, 0.1) is 11.3 Å². The topological polar surface area (TPSA) is 55.1 Å². The van der Waals surface area contributed by atoms with Gasteiger partial charge in [0, 0.05) is 12.5 Å². The number of carbonyl (C=O) groups excluding carboxylic acids is 1. The Morgan fingerprint density at radius 3 is 2.47 bits per heavy atom. The molecule has 0 bridgehead atoms. The lowest BCUT2D eigenvalue weighted by molar-refractivity contribution is -0.124. The SMILES string of the molecule is CC(CCCN)C(=O)NCCC(C)(C)C. The molecule has 0 aromatic rings. The lowest BCUT2D eigenvalue weighted by atomic mass is 9.92. The number of amides is 1. The van der Waals surface area contributed by atoms with Crippen molar-refractivity contribution >= 4 is 5.91 Å². The van der Waals surface area contributed by atoms with Crippen molar-refractivity contribution < 1.29 is 4.79 Å². The molecular weight excluding hydrogens is 188 g/mol. The van der Waals surface area contributed by atoms with Gasteiger partial charge in [-0.1, -0.05) is 27.7 Å². The maximum Gasteiger partial charge on any atom is 0.222 e. The zero-order chi connectivity index (χ0) is 11.9. The van der Waals surface area contributed by atoms with Crippen molar-refractivity contribution in [3.8, 4) is 0 Å². The maximum absolute atomic E-state index is 11.6. The summed E-state index contributed by atoms with van der Waals surface area (Å²) in [5.41, 5.74) is 5.69. The number of carbonyl (C=O) groups is 1. The zero-order valence-electron chi connectivity index (χ0n) is 10.6. The molecule has 0 aromatic carbocycles. The van der Waals surface area contributed by atoms with Crippen LogP contribution in [-0.4, -0.2) is 19.0 Å². The van der Waals surface area contributed by atoms with Crippen LogP contribution in [0.3, 0.4) is 0 Å². The molecule has 15 heavy (non-hydrogen) atoms. The normalized spacial score (nSPS) is 13.7. The summed E-state index contributed by atoms with van der Waals surface area (Å²) in [4.78, 5) is 11.6. The van der Waals surface area contributed by atoms with Crippen molar-refractivity contribution in [2.45, 2.75) is 47.0 Å². The molecule has 0 aliphatic rings. The molecule has 0 saturated carbocycles. The smallest absolute Gasteiger partial charge is 0.222 e. The highest BCUT2D eigenvalue weighted by atomic mass is 16.1. The molecule has 0 aliphatic carbocycles. The van der Waals surface area contributed by atoms with Crippen LogP contribution in [0.1, 0.15) is 47.0 Å². The molecule has 3 N–H and O–H groups in total. The first-order valence-corrected chi connectivity index (χ1v) is 5.84. The van der Waals surface area contributed by atoms with Crippen molar-refractivity contribution in [2.75, 3.05) is 13.1 Å². The summed E-state index contributed by atoms with van der Waals surface area (Å²) in [6.45, 7) is 9.93. The summed E-state index contributed by atoms with van der Waals surface area (Å²) in [5, 5.41) is 2.97. The highest BCUT2D eigenvalue weighted by Gasteiger charge is 2.14. The fourth-order valence-electron chi connectivity index (χ4n) is 1.29. The molecule has 0 rings (SSSR count). The van der Waals surface area contributed by atoms with Gasteiger partial charge < -0.3 is 11.1 Å². The van der Waals surface area contributed by atoms with Crippen LogP contribution in [0.5, 0.6) is 0 Å². The number of rotatable bonds is 6. The molecule has 1 unspecified atom stereocenters. The van der Waals surface area contributed by atoms with Crippen LogP contribution >= 0.6 is 0 Å². The summed E-state index contributed by atoms with van der Waals surface area (Å²) < 4.78 is 0. The standard InChI is InChI=1S/C12H26N2O/c1-10(6-5-8-13)11(15)14-9-7-12(2,3)4/h10H,5-9,13H2,1-4H3,(H,14,15). The van der Waals surface area contributed by atoms with Gasteiger partial charge >= 0.3 is 0 Å². The Bertz CT molecular complexity index is 185. The summed E-state index contributed by atoms with van der Waals surface area (Å²) in [7, 11) is 0. The van der Waals surface area contributed by atoms with E-state index < -0.39 is 0 Å².